The third-order valence-corrected chi connectivity index (χ3v) is 3.67. The molecule has 0 bridgehead atoms. The number of ether oxygens (including phenoxy) is 1. The number of hydrogen-bond acceptors (Lipinski definition) is 3. The number of nitrogens with zero attached hydrogens (tertiary/aromatic N) is 2. The number of aryl methyl sites for hydroxylation is 1. The number of rotatable bonds is 5. The molecule has 1 saturated heterocycles. The van der Waals surface area contributed by atoms with E-state index in [1.807, 2.05) is 38.1 Å². The highest BCUT2D eigenvalue weighted by molar-refractivity contribution is 5.93. The zero-order chi connectivity index (χ0) is 15.4. The van der Waals surface area contributed by atoms with E-state index < -0.39 is 0 Å². The third-order valence-electron chi connectivity index (χ3n) is 3.67. The lowest BCUT2D eigenvalue weighted by atomic mass is 10.1. The van der Waals surface area contributed by atoms with Crippen LogP contribution in [0.2, 0.25) is 0 Å². The maximum Gasteiger partial charge on any atom is 0.409 e. The van der Waals surface area contributed by atoms with Crippen molar-refractivity contribution in [1.29, 1.82) is 0 Å². The van der Waals surface area contributed by atoms with Crippen molar-refractivity contribution in [2.24, 2.45) is 0 Å². The molecule has 114 valence electrons. The van der Waals surface area contributed by atoms with Crippen LogP contribution in [0.4, 0.5) is 10.5 Å². The quantitative estimate of drug-likeness (QED) is 0.837. The average Bonchev–Trinajstić information content (AvgIpc) is 2.76. The van der Waals surface area contributed by atoms with E-state index in [9.17, 15) is 9.59 Å². The first-order valence-corrected chi connectivity index (χ1v) is 7.30. The number of hydrogen-bond donors (Lipinski definition) is 0. The van der Waals surface area contributed by atoms with Crippen LogP contribution in [0.3, 0.4) is 0 Å². The number of carbonyl (C=O) groups is 2. The molecule has 2 rings (SSSR count). The molecule has 1 heterocycles. The summed E-state index contributed by atoms with van der Waals surface area (Å²) in [6, 6.07) is 7.91. The molecule has 0 N–H and O–H groups in total. The molecule has 1 aliphatic heterocycles. The van der Waals surface area contributed by atoms with E-state index in [1.165, 1.54) is 4.90 Å². The van der Waals surface area contributed by atoms with Gasteiger partial charge in [-0.25, -0.2) is 4.79 Å². The maximum absolute atomic E-state index is 12.4. The summed E-state index contributed by atoms with van der Waals surface area (Å²) < 4.78 is 5.18. The lowest BCUT2D eigenvalue weighted by Crippen LogP contribution is -2.31. The Morgan fingerprint density at radius 3 is 2.81 bits per heavy atom. The number of benzene rings is 1. The van der Waals surface area contributed by atoms with Gasteiger partial charge in [0.1, 0.15) is 6.10 Å². The summed E-state index contributed by atoms with van der Waals surface area (Å²) in [7, 11) is 1.70. The Labute approximate surface area is 125 Å². The minimum atomic E-state index is -0.307. The van der Waals surface area contributed by atoms with Crippen LogP contribution in [-0.2, 0) is 9.53 Å². The Morgan fingerprint density at radius 2 is 2.24 bits per heavy atom. The van der Waals surface area contributed by atoms with Gasteiger partial charge in [-0.2, -0.15) is 0 Å². The van der Waals surface area contributed by atoms with Gasteiger partial charge in [-0.15, -0.1) is 0 Å². The summed E-state index contributed by atoms with van der Waals surface area (Å²) in [5.74, 6) is 0.0636. The molecular weight excluding hydrogens is 268 g/mol. The summed E-state index contributed by atoms with van der Waals surface area (Å²) in [5.41, 5.74) is 2.05. The Morgan fingerprint density at radius 1 is 1.48 bits per heavy atom. The Kier molecular flexibility index (Phi) is 4.83. The molecular formula is C16H22N2O3. The summed E-state index contributed by atoms with van der Waals surface area (Å²) in [6.45, 7) is 5.16. The van der Waals surface area contributed by atoms with Crippen molar-refractivity contribution >= 4 is 17.7 Å². The van der Waals surface area contributed by atoms with Gasteiger partial charge in [0.15, 0.2) is 0 Å². The first-order chi connectivity index (χ1) is 10.0. The van der Waals surface area contributed by atoms with Crippen molar-refractivity contribution in [3.63, 3.8) is 0 Å². The molecule has 1 fully saturated rings. The highest BCUT2D eigenvalue weighted by Crippen LogP contribution is 2.19. The Balaban J connectivity index is 1.93. The van der Waals surface area contributed by atoms with Crippen molar-refractivity contribution in [1.82, 2.24) is 4.90 Å². The number of anilines is 1. The molecule has 1 atom stereocenters. The molecule has 0 aromatic heterocycles. The van der Waals surface area contributed by atoms with Crippen molar-refractivity contribution in [3.05, 3.63) is 29.8 Å². The molecule has 5 nitrogen and oxygen atoms in total. The van der Waals surface area contributed by atoms with Crippen molar-refractivity contribution in [2.75, 3.05) is 25.0 Å². The summed E-state index contributed by atoms with van der Waals surface area (Å²) in [5, 5.41) is 0. The van der Waals surface area contributed by atoms with E-state index in [0.29, 0.717) is 25.9 Å². The summed E-state index contributed by atoms with van der Waals surface area (Å²) in [4.78, 5) is 27.0. The fourth-order valence-corrected chi connectivity index (χ4v) is 2.52. The molecule has 21 heavy (non-hydrogen) atoms. The number of amides is 2. The molecule has 1 aliphatic rings. The van der Waals surface area contributed by atoms with Gasteiger partial charge in [-0.3, -0.25) is 4.79 Å². The van der Waals surface area contributed by atoms with Crippen LogP contribution in [0.25, 0.3) is 0 Å². The predicted octanol–water partition coefficient (Wildman–Crippen LogP) is 2.58. The summed E-state index contributed by atoms with van der Waals surface area (Å²) in [6.07, 6.45) is 0.464. The number of carbonyl (C=O) groups excluding carboxylic acids is 2. The second-order valence-electron chi connectivity index (χ2n) is 5.40. The van der Waals surface area contributed by atoms with Gasteiger partial charge >= 0.3 is 6.09 Å². The van der Waals surface area contributed by atoms with Gasteiger partial charge in [0.05, 0.1) is 6.54 Å². The molecule has 2 amide bonds. The molecule has 0 spiro atoms. The molecule has 0 saturated carbocycles. The normalized spacial score (nSPS) is 17.8. The zero-order valence-electron chi connectivity index (χ0n) is 12.8. The van der Waals surface area contributed by atoms with Crippen LogP contribution in [0.1, 0.15) is 25.3 Å². The third kappa shape index (κ3) is 3.74. The minimum Gasteiger partial charge on any atom is -0.444 e. The van der Waals surface area contributed by atoms with Gasteiger partial charge in [0, 0.05) is 25.7 Å². The SMILES string of the molecule is CCN(C(=O)CCC1CN(C)C(=O)O1)c1cccc(C)c1. The molecule has 0 aliphatic carbocycles. The van der Waals surface area contributed by atoms with E-state index >= 15 is 0 Å². The van der Waals surface area contributed by atoms with Crippen molar-refractivity contribution in [2.45, 2.75) is 32.8 Å². The molecule has 0 radical (unpaired) electrons. The fourth-order valence-electron chi connectivity index (χ4n) is 2.52. The van der Waals surface area contributed by atoms with Gasteiger partial charge in [0.25, 0.3) is 0 Å². The Hall–Kier alpha value is -2.04. The lowest BCUT2D eigenvalue weighted by Gasteiger charge is -2.22. The van der Waals surface area contributed by atoms with Crippen LogP contribution in [0.15, 0.2) is 24.3 Å². The molecule has 5 heteroatoms. The van der Waals surface area contributed by atoms with Gasteiger partial charge in [-0.05, 0) is 38.0 Å². The predicted molar refractivity (Wildman–Crippen MR) is 81.3 cm³/mol. The first kappa shape index (κ1) is 15.4. The van der Waals surface area contributed by atoms with E-state index in [0.717, 1.165) is 11.3 Å². The highest BCUT2D eigenvalue weighted by atomic mass is 16.6. The van der Waals surface area contributed by atoms with Gasteiger partial charge in [0.2, 0.25) is 5.91 Å². The highest BCUT2D eigenvalue weighted by Gasteiger charge is 2.29. The molecule has 1 unspecified atom stereocenters. The lowest BCUT2D eigenvalue weighted by molar-refractivity contribution is -0.119. The average molecular weight is 290 g/mol. The Bertz CT molecular complexity index is 530. The topological polar surface area (TPSA) is 49.9 Å². The smallest absolute Gasteiger partial charge is 0.409 e. The van der Waals surface area contributed by atoms with Crippen LogP contribution in [-0.4, -0.2) is 43.1 Å². The van der Waals surface area contributed by atoms with Crippen LogP contribution >= 0.6 is 0 Å². The van der Waals surface area contributed by atoms with E-state index in [1.54, 1.807) is 11.9 Å². The van der Waals surface area contributed by atoms with E-state index in [4.69, 9.17) is 4.74 Å². The fraction of sp³-hybridized carbons (Fsp3) is 0.500. The van der Waals surface area contributed by atoms with Gasteiger partial charge in [-0.1, -0.05) is 12.1 Å². The van der Waals surface area contributed by atoms with Crippen LogP contribution in [0.5, 0.6) is 0 Å². The number of likely N-dealkylation sites (N-methyl/N-ethyl adjacent to an activating group) is 1. The van der Waals surface area contributed by atoms with Crippen molar-refractivity contribution in [3.8, 4) is 0 Å². The second-order valence-corrected chi connectivity index (χ2v) is 5.40. The summed E-state index contributed by atoms with van der Waals surface area (Å²) >= 11 is 0. The van der Waals surface area contributed by atoms with Crippen molar-refractivity contribution < 1.29 is 14.3 Å². The second kappa shape index (κ2) is 6.61. The molecule has 1 aromatic carbocycles. The minimum absolute atomic E-state index is 0.0636. The number of cyclic esters (lactones) is 1. The standard InChI is InChI=1S/C16H22N2O3/c1-4-18(13-7-5-6-12(2)10-13)15(19)9-8-14-11-17(3)16(20)21-14/h5-7,10,14H,4,8-9,11H2,1-3H3. The van der Waals surface area contributed by atoms with Crippen LogP contribution in [0, 0.1) is 6.92 Å². The maximum atomic E-state index is 12.4. The van der Waals surface area contributed by atoms with Crippen LogP contribution < -0.4 is 4.90 Å². The first-order valence-electron chi connectivity index (χ1n) is 7.30. The zero-order valence-corrected chi connectivity index (χ0v) is 12.8. The molecule has 1 aromatic rings. The monoisotopic (exact) mass is 290 g/mol. The van der Waals surface area contributed by atoms with Gasteiger partial charge < -0.3 is 14.5 Å². The van der Waals surface area contributed by atoms with E-state index in [2.05, 4.69) is 0 Å². The largest absolute Gasteiger partial charge is 0.444 e. The van der Waals surface area contributed by atoms with E-state index in [-0.39, 0.29) is 18.1 Å².